The van der Waals surface area contributed by atoms with Gasteiger partial charge in [0.05, 0.1) is 7.11 Å². The predicted octanol–water partition coefficient (Wildman–Crippen LogP) is 5.06. The minimum Gasteiger partial charge on any atom is -0.497 e. The molecule has 0 amide bonds. The lowest BCUT2D eigenvalue weighted by molar-refractivity contribution is -0.141. The van der Waals surface area contributed by atoms with Crippen LogP contribution in [-0.4, -0.2) is 36.3 Å². The molecule has 0 atom stereocenters. The van der Waals surface area contributed by atoms with Gasteiger partial charge in [0.15, 0.2) is 0 Å². The molecule has 2 aromatic heterocycles. The van der Waals surface area contributed by atoms with Crippen LogP contribution < -0.4 is 20.1 Å². The van der Waals surface area contributed by atoms with Crippen molar-refractivity contribution in [2.45, 2.75) is 20.0 Å². The van der Waals surface area contributed by atoms with Crippen LogP contribution in [0.15, 0.2) is 73.1 Å². The second kappa shape index (κ2) is 14.0. The lowest BCUT2D eigenvalue weighted by atomic mass is 9.95. The Kier molecular flexibility index (Phi) is 9.68. The first kappa shape index (κ1) is 28.4. The SMILES string of the molecule is COc1ccc(CNc2nc(NCc3cccnc3)c(C#N)c(-c3ccc(OCCOC(C)=O)cc3)c2C#N)cc1. The highest BCUT2D eigenvalue weighted by Crippen LogP contribution is 2.36. The molecule has 2 heterocycles. The Morgan fingerprint density at radius 2 is 1.49 bits per heavy atom. The molecular formula is C31H28N6O4. The van der Waals surface area contributed by atoms with Crippen molar-refractivity contribution < 1.29 is 19.0 Å². The minimum absolute atomic E-state index is 0.133. The van der Waals surface area contributed by atoms with Gasteiger partial charge in [0.25, 0.3) is 0 Å². The number of nitriles is 2. The van der Waals surface area contributed by atoms with Gasteiger partial charge in [0.1, 0.15) is 59.6 Å². The number of hydrogen-bond acceptors (Lipinski definition) is 10. The van der Waals surface area contributed by atoms with Crippen molar-refractivity contribution >= 4 is 17.6 Å². The summed E-state index contributed by atoms with van der Waals surface area (Å²) in [4.78, 5) is 19.8. The molecule has 41 heavy (non-hydrogen) atoms. The lowest BCUT2D eigenvalue weighted by Crippen LogP contribution is -2.11. The van der Waals surface area contributed by atoms with Gasteiger partial charge in [-0.25, -0.2) is 4.98 Å². The van der Waals surface area contributed by atoms with E-state index in [4.69, 9.17) is 14.2 Å². The maximum absolute atomic E-state index is 11.0. The lowest BCUT2D eigenvalue weighted by Gasteiger charge is -2.17. The summed E-state index contributed by atoms with van der Waals surface area (Å²) in [5.41, 5.74) is 3.44. The zero-order chi connectivity index (χ0) is 29.0. The summed E-state index contributed by atoms with van der Waals surface area (Å²) >= 11 is 0. The smallest absolute Gasteiger partial charge is 0.302 e. The number of hydrogen-bond donors (Lipinski definition) is 2. The van der Waals surface area contributed by atoms with E-state index >= 15 is 0 Å². The van der Waals surface area contributed by atoms with E-state index in [1.54, 1.807) is 43.8 Å². The molecule has 0 aliphatic carbocycles. The fourth-order valence-corrected chi connectivity index (χ4v) is 4.03. The van der Waals surface area contributed by atoms with E-state index in [0.717, 1.165) is 16.9 Å². The molecule has 2 aromatic carbocycles. The van der Waals surface area contributed by atoms with Crippen LogP contribution in [0.25, 0.3) is 11.1 Å². The first-order valence-corrected chi connectivity index (χ1v) is 12.8. The summed E-state index contributed by atoms with van der Waals surface area (Å²) in [6.45, 7) is 2.45. The molecule has 0 bridgehead atoms. The largest absolute Gasteiger partial charge is 0.497 e. The van der Waals surface area contributed by atoms with Gasteiger partial charge in [0.2, 0.25) is 0 Å². The molecule has 0 aliphatic rings. The fraction of sp³-hybridized carbons (Fsp3) is 0.194. The van der Waals surface area contributed by atoms with Crippen LogP contribution in [0.2, 0.25) is 0 Å². The number of aromatic nitrogens is 2. The molecule has 4 aromatic rings. The number of anilines is 2. The first-order valence-electron chi connectivity index (χ1n) is 12.8. The normalized spacial score (nSPS) is 10.1. The van der Waals surface area contributed by atoms with Gasteiger partial charge < -0.3 is 24.8 Å². The second-order valence-corrected chi connectivity index (χ2v) is 8.79. The Hall–Kier alpha value is -5.61. The summed E-state index contributed by atoms with van der Waals surface area (Å²) in [6, 6.07) is 22.8. The summed E-state index contributed by atoms with van der Waals surface area (Å²) < 4.78 is 15.8. The topological polar surface area (TPSA) is 142 Å². The van der Waals surface area contributed by atoms with Crippen LogP contribution in [0.4, 0.5) is 11.6 Å². The molecule has 0 saturated heterocycles. The van der Waals surface area contributed by atoms with E-state index in [9.17, 15) is 15.3 Å². The molecule has 10 heteroatoms. The van der Waals surface area contributed by atoms with Crippen LogP contribution in [0.5, 0.6) is 11.5 Å². The van der Waals surface area contributed by atoms with Crippen molar-refractivity contribution in [2.24, 2.45) is 0 Å². The summed E-state index contributed by atoms with van der Waals surface area (Å²) in [5, 5.41) is 27.0. The third kappa shape index (κ3) is 7.49. The molecule has 10 nitrogen and oxygen atoms in total. The van der Waals surface area contributed by atoms with Crippen LogP contribution in [0.1, 0.15) is 29.2 Å². The predicted molar refractivity (Wildman–Crippen MR) is 153 cm³/mol. The Bertz CT molecular complexity index is 1560. The third-order valence-corrected chi connectivity index (χ3v) is 6.02. The van der Waals surface area contributed by atoms with Gasteiger partial charge in [-0.2, -0.15) is 10.5 Å². The summed E-state index contributed by atoms with van der Waals surface area (Å²) in [7, 11) is 1.61. The Morgan fingerprint density at radius 1 is 0.854 bits per heavy atom. The van der Waals surface area contributed by atoms with Crippen molar-refractivity contribution in [2.75, 3.05) is 31.0 Å². The summed E-state index contributed by atoms with van der Waals surface area (Å²) in [6.07, 6.45) is 3.42. The summed E-state index contributed by atoms with van der Waals surface area (Å²) in [5.74, 6) is 1.60. The molecule has 0 aliphatic heterocycles. The van der Waals surface area contributed by atoms with Gasteiger partial charge in [0, 0.05) is 38.0 Å². The highest BCUT2D eigenvalue weighted by molar-refractivity contribution is 5.85. The molecular weight excluding hydrogens is 520 g/mol. The van der Waals surface area contributed by atoms with E-state index in [1.807, 2.05) is 36.4 Å². The second-order valence-electron chi connectivity index (χ2n) is 8.79. The molecule has 0 spiro atoms. The van der Waals surface area contributed by atoms with Crippen LogP contribution in [-0.2, 0) is 22.6 Å². The number of ether oxygens (including phenoxy) is 3. The first-order chi connectivity index (χ1) is 20.0. The number of benzene rings is 2. The molecule has 2 N–H and O–H groups in total. The van der Waals surface area contributed by atoms with Crippen molar-refractivity contribution in [3.05, 3.63) is 95.3 Å². The Morgan fingerprint density at radius 3 is 2.05 bits per heavy atom. The van der Waals surface area contributed by atoms with Crippen LogP contribution in [0.3, 0.4) is 0 Å². The number of carbonyl (C=O) groups is 1. The van der Waals surface area contributed by atoms with Gasteiger partial charge in [-0.15, -0.1) is 0 Å². The zero-order valence-corrected chi connectivity index (χ0v) is 22.7. The molecule has 0 radical (unpaired) electrons. The number of pyridine rings is 2. The van der Waals surface area contributed by atoms with Crippen molar-refractivity contribution in [1.82, 2.24) is 9.97 Å². The maximum atomic E-state index is 11.0. The number of rotatable bonds is 12. The zero-order valence-electron chi connectivity index (χ0n) is 22.7. The monoisotopic (exact) mass is 548 g/mol. The highest BCUT2D eigenvalue weighted by atomic mass is 16.6. The van der Waals surface area contributed by atoms with E-state index in [-0.39, 0.29) is 30.3 Å². The van der Waals surface area contributed by atoms with E-state index < -0.39 is 0 Å². The standard InChI is InChI=1S/C31H28N6O4/c1-21(38)40-14-15-41-26-11-7-24(8-12-26)29-27(16-32)30(35-19-22-5-9-25(39-2)10-6-22)37-31(28(29)17-33)36-20-23-4-3-13-34-18-23/h3-13,18H,14-15,19-20H2,1-2H3,(H2,35,36,37). The minimum atomic E-state index is -0.376. The fourth-order valence-electron chi connectivity index (χ4n) is 4.03. The van der Waals surface area contributed by atoms with Crippen LogP contribution >= 0.6 is 0 Å². The Balaban J connectivity index is 1.68. The van der Waals surface area contributed by atoms with Crippen LogP contribution in [0, 0.1) is 22.7 Å². The average molecular weight is 549 g/mol. The molecule has 0 saturated carbocycles. The number of carbonyl (C=O) groups excluding carboxylic acids is 1. The Labute approximate surface area is 238 Å². The van der Waals surface area contributed by atoms with Gasteiger partial charge in [-0.1, -0.05) is 30.3 Å². The number of methoxy groups -OCH3 is 1. The molecule has 4 rings (SSSR count). The average Bonchev–Trinajstić information content (AvgIpc) is 3.01. The van der Waals surface area contributed by atoms with Crippen molar-refractivity contribution in [1.29, 1.82) is 10.5 Å². The van der Waals surface area contributed by atoms with Gasteiger partial charge >= 0.3 is 5.97 Å². The maximum Gasteiger partial charge on any atom is 0.302 e. The van der Waals surface area contributed by atoms with E-state index in [0.29, 0.717) is 41.6 Å². The highest BCUT2D eigenvalue weighted by Gasteiger charge is 2.22. The van der Waals surface area contributed by atoms with Crippen molar-refractivity contribution in [3.8, 4) is 34.8 Å². The quantitative estimate of drug-likeness (QED) is 0.182. The number of nitrogens with one attached hydrogen (secondary N) is 2. The van der Waals surface area contributed by atoms with Crippen molar-refractivity contribution in [3.63, 3.8) is 0 Å². The third-order valence-electron chi connectivity index (χ3n) is 6.02. The van der Waals surface area contributed by atoms with Gasteiger partial charge in [-0.3, -0.25) is 9.78 Å². The molecule has 0 unspecified atom stereocenters. The van der Waals surface area contributed by atoms with Gasteiger partial charge in [-0.05, 0) is 47.0 Å². The number of nitrogens with zero attached hydrogens (tertiary/aromatic N) is 4. The van der Waals surface area contributed by atoms with E-state index in [1.165, 1.54) is 6.92 Å². The molecule has 0 fully saturated rings. The van der Waals surface area contributed by atoms with E-state index in [2.05, 4.69) is 32.7 Å². The molecule has 206 valence electrons. The number of esters is 1.